The monoisotopic (exact) mass is 360 g/mol. The van der Waals surface area contributed by atoms with Gasteiger partial charge in [-0.3, -0.25) is 9.59 Å². The molecular weight excluding hydrogens is 336 g/mol. The predicted octanol–water partition coefficient (Wildman–Crippen LogP) is 4.23. The summed E-state index contributed by atoms with van der Waals surface area (Å²) < 4.78 is 5.12. The van der Waals surface area contributed by atoms with Gasteiger partial charge in [0.2, 0.25) is 0 Å². The number of nitrogens with two attached hydrogens (primary N) is 1. The van der Waals surface area contributed by atoms with Crippen LogP contribution in [0.25, 0.3) is 0 Å². The molecule has 5 nitrogen and oxygen atoms in total. The molecule has 0 aromatic carbocycles. The first-order valence-corrected chi connectivity index (χ1v) is 9.44. The molecule has 25 heavy (non-hydrogen) atoms. The lowest BCUT2D eigenvalue weighted by atomic mass is 9.69. The number of anilines is 1. The molecule has 0 aliphatic heterocycles. The van der Waals surface area contributed by atoms with E-state index in [1.807, 2.05) is 0 Å². The molecule has 1 unspecified atom stereocenters. The number of amides is 2. The number of hydrogen-bond acceptors (Lipinski definition) is 4. The smallest absolute Gasteiger partial charge is 0.291 e. The van der Waals surface area contributed by atoms with Crippen LogP contribution in [0, 0.1) is 11.3 Å². The Hall–Kier alpha value is -2.08. The normalized spacial score (nSPS) is 17.2. The molecule has 0 bridgehead atoms. The number of carbonyl (C=O) groups is 2. The highest BCUT2D eigenvalue weighted by molar-refractivity contribution is 7.17. The van der Waals surface area contributed by atoms with E-state index in [2.05, 4.69) is 26.1 Å². The summed E-state index contributed by atoms with van der Waals surface area (Å²) in [4.78, 5) is 25.5. The minimum Gasteiger partial charge on any atom is -0.459 e. The molecule has 0 fully saturated rings. The van der Waals surface area contributed by atoms with Gasteiger partial charge in [0, 0.05) is 4.88 Å². The quantitative estimate of drug-likeness (QED) is 0.836. The largest absolute Gasteiger partial charge is 0.459 e. The van der Waals surface area contributed by atoms with Gasteiger partial charge in [-0.25, -0.2) is 0 Å². The molecular formula is C19H24N2O3S. The zero-order chi connectivity index (χ0) is 18.2. The summed E-state index contributed by atoms with van der Waals surface area (Å²) in [5.41, 5.74) is 7.35. The molecule has 1 aliphatic carbocycles. The number of primary amides is 1. The summed E-state index contributed by atoms with van der Waals surface area (Å²) >= 11 is 1.47. The number of thiophene rings is 1. The van der Waals surface area contributed by atoms with E-state index in [1.54, 1.807) is 12.1 Å². The second-order valence-electron chi connectivity index (χ2n) is 7.29. The summed E-state index contributed by atoms with van der Waals surface area (Å²) in [6, 6.07) is 3.24. The molecule has 134 valence electrons. The van der Waals surface area contributed by atoms with E-state index in [4.69, 9.17) is 10.2 Å². The second kappa shape index (κ2) is 6.67. The third kappa shape index (κ3) is 3.35. The van der Waals surface area contributed by atoms with Crippen LogP contribution in [0.4, 0.5) is 5.00 Å². The Morgan fingerprint density at radius 2 is 2.20 bits per heavy atom. The van der Waals surface area contributed by atoms with Gasteiger partial charge in [-0.1, -0.05) is 27.2 Å². The van der Waals surface area contributed by atoms with Crippen molar-refractivity contribution in [3.8, 4) is 0 Å². The van der Waals surface area contributed by atoms with Crippen LogP contribution in [0.1, 0.15) is 65.0 Å². The van der Waals surface area contributed by atoms with Crippen molar-refractivity contribution in [2.75, 3.05) is 5.32 Å². The maximum atomic E-state index is 12.3. The number of hydrogen-bond donors (Lipinski definition) is 2. The fourth-order valence-electron chi connectivity index (χ4n) is 3.46. The van der Waals surface area contributed by atoms with E-state index >= 15 is 0 Å². The molecule has 0 radical (unpaired) electrons. The number of fused-ring (bicyclic) bond motifs is 1. The molecule has 1 atom stereocenters. The molecule has 2 aromatic rings. The van der Waals surface area contributed by atoms with Gasteiger partial charge in [0.1, 0.15) is 5.00 Å². The average Bonchev–Trinajstić information content (AvgIpc) is 3.21. The SMILES string of the molecule is CCC(C)(C)C1CCc2c(sc(NC(=O)c3ccco3)c2C(N)=O)C1. The minimum atomic E-state index is -0.486. The van der Waals surface area contributed by atoms with Crippen molar-refractivity contribution < 1.29 is 14.0 Å². The van der Waals surface area contributed by atoms with Crippen molar-refractivity contribution in [1.82, 2.24) is 0 Å². The predicted molar refractivity (Wildman–Crippen MR) is 99.1 cm³/mol. The summed E-state index contributed by atoms with van der Waals surface area (Å²) in [7, 11) is 0. The maximum absolute atomic E-state index is 12.3. The Balaban J connectivity index is 1.91. The van der Waals surface area contributed by atoms with E-state index in [0.717, 1.165) is 31.2 Å². The van der Waals surface area contributed by atoms with E-state index in [9.17, 15) is 9.59 Å². The van der Waals surface area contributed by atoms with E-state index in [-0.39, 0.29) is 17.1 Å². The highest BCUT2D eigenvalue weighted by Gasteiger charge is 2.35. The Morgan fingerprint density at radius 1 is 1.44 bits per heavy atom. The van der Waals surface area contributed by atoms with Crippen LogP contribution in [0.2, 0.25) is 0 Å². The van der Waals surface area contributed by atoms with E-state index < -0.39 is 5.91 Å². The highest BCUT2D eigenvalue weighted by Crippen LogP contribution is 2.45. The van der Waals surface area contributed by atoms with Crippen molar-refractivity contribution in [3.05, 3.63) is 40.2 Å². The van der Waals surface area contributed by atoms with E-state index in [0.29, 0.717) is 16.5 Å². The van der Waals surface area contributed by atoms with Gasteiger partial charge in [-0.2, -0.15) is 0 Å². The lowest BCUT2D eigenvalue weighted by molar-refractivity contribution is 0.0997. The average molecular weight is 360 g/mol. The fraction of sp³-hybridized carbons (Fsp3) is 0.474. The van der Waals surface area contributed by atoms with Crippen molar-refractivity contribution in [3.63, 3.8) is 0 Å². The van der Waals surface area contributed by atoms with Crippen molar-refractivity contribution in [2.24, 2.45) is 17.1 Å². The number of furan rings is 1. The van der Waals surface area contributed by atoms with Gasteiger partial charge in [-0.15, -0.1) is 11.3 Å². The first-order chi connectivity index (χ1) is 11.8. The van der Waals surface area contributed by atoms with Gasteiger partial charge in [-0.05, 0) is 48.3 Å². The molecule has 1 aliphatic rings. The third-order valence-corrected chi connectivity index (χ3v) is 6.67. The van der Waals surface area contributed by atoms with Gasteiger partial charge in [0.05, 0.1) is 11.8 Å². The van der Waals surface area contributed by atoms with Crippen molar-refractivity contribution in [1.29, 1.82) is 0 Å². The van der Waals surface area contributed by atoms with Crippen LogP contribution in [-0.4, -0.2) is 11.8 Å². The zero-order valence-corrected chi connectivity index (χ0v) is 15.7. The standard InChI is InChI=1S/C19H24N2O3S/c1-4-19(2,3)11-7-8-12-14(10-11)25-18(15(12)16(20)22)21-17(23)13-6-5-9-24-13/h5-6,9,11H,4,7-8,10H2,1-3H3,(H2,20,22)(H,21,23). The summed E-state index contributed by atoms with van der Waals surface area (Å²) in [6.07, 6.45) is 5.35. The van der Waals surface area contributed by atoms with Gasteiger partial charge in [0.15, 0.2) is 5.76 Å². The lowest BCUT2D eigenvalue weighted by Crippen LogP contribution is -2.29. The summed E-state index contributed by atoms with van der Waals surface area (Å²) in [6.45, 7) is 6.81. The van der Waals surface area contributed by atoms with Crippen LogP contribution in [0.3, 0.4) is 0 Å². The first kappa shape index (κ1) is 17.7. The second-order valence-corrected chi connectivity index (χ2v) is 8.39. The lowest BCUT2D eigenvalue weighted by Gasteiger charge is -2.36. The van der Waals surface area contributed by atoms with Crippen LogP contribution in [-0.2, 0) is 12.8 Å². The highest BCUT2D eigenvalue weighted by atomic mass is 32.1. The molecule has 3 rings (SSSR count). The fourth-order valence-corrected chi connectivity index (χ4v) is 4.79. The van der Waals surface area contributed by atoms with Crippen LogP contribution >= 0.6 is 11.3 Å². The van der Waals surface area contributed by atoms with Crippen LogP contribution < -0.4 is 11.1 Å². The third-order valence-electron chi connectivity index (χ3n) is 5.50. The number of carbonyl (C=O) groups excluding carboxylic acids is 2. The molecule has 2 heterocycles. The maximum Gasteiger partial charge on any atom is 0.291 e. The van der Waals surface area contributed by atoms with E-state index in [1.165, 1.54) is 22.5 Å². The van der Waals surface area contributed by atoms with Crippen LogP contribution in [0.5, 0.6) is 0 Å². The molecule has 2 aromatic heterocycles. The summed E-state index contributed by atoms with van der Waals surface area (Å²) in [5, 5.41) is 3.34. The molecule has 0 saturated carbocycles. The number of nitrogens with one attached hydrogen (secondary N) is 1. The van der Waals surface area contributed by atoms with Crippen molar-refractivity contribution >= 4 is 28.2 Å². The zero-order valence-electron chi connectivity index (χ0n) is 14.8. The molecule has 0 saturated heterocycles. The first-order valence-electron chi connectivity index (χ1n) is 8.62. The van der Waals surface area contributed by atoms with Crippen LogP contribution in [0.15, 0.2) is 22.8 Å². The van der Waals surface area contributed by atoms with Gasteiger partial charge in [0.25, 0.3) is 11.8 Å². The molecule has 0 spiro atoms. The topological polar surface area (TPSA) is 85.3 Å². The Kier molecular flexibility index (Phi) is 4.73. The molecule has 3 N–H and O–H groups in total. The molecule has 6 heteroatoms. The molecule has 2 amide bonds. The minimum absolute atomic E-state index is 0.215. The Bertz CT molecular complexity index is 790. The van der Waals surface area contributed by atoms with Crippen molar-refractivity contribution in [2.45, 2.75) is 46.5 Å². The summed E-state index contributed by atoms with van der Waals surface area (Å²) in [5.74, 6) is -0.0678. The Morgan fingerprint density at radius 3 is 2.80 bits per heavy atom. The van der Waals surface area contributed by atoms with Gasteiger partial charge >= 0.3 is 0 Å². The van der Waals surface area contributed by atoms with Gasteiger partial charge < -0.3 is 15.5 Å². The Labute approximate surface area is 151 Å². The number of rotatable bonds is 5.